The molecular formula is C26H41N3O3. The highest BCUT2D eigenvalue weighted by Gasteiger charge is 2.30. The van der Waals surface area contributed by atoms with E-state index in [1.807, 2.05) is 4.90 Å². The second kappa shape index (κ2) is 12.8. The van der Waals surface area contributed by atoms with Crippen LogP contribution >= 0.6 is 0 Å². The molecule has 0 unspecified atom stereocenters. The Hall–Kier alpha value is -2.08. The molecule has 1 saturated heterocycles. The highest BCUT2D eigenvalue weighted by atomic mass is 16.5. The number of ether oxygens (including phenoxy) is 1. The van der Waals surface area contributed by atoms with Crippen molar-refractivity contribution in [3.05, 3.63) is 29.8 Å². The van der Waals surface area contributed by atoms with Crippen molar-refractivity contribution < 1.29 is 14.3 Å². The molecule has 0 radical (unpaired) electrons. The zero-order valence-corrected chi connectivity index (χ0v) is 19.9. The summed E-state index contributed by atoms with van der Waals surface area (Å²) in [6, 6.07) is 8.38. The van der Waals surface area contributed by atoms with Crippen LogP contribution in [0.1, 0.15) is 63.9 Å². The fourth-order valence-corrected chi connectivity index (χ4v) is 4.89. The Labute approximate surface area is 193 Å². The lowest BCUT2D eigenvalue weighted by atomic mass is 9.89. The van der Waals surface area contributed by atoms with Crippen molar-refractivity contribution in [1.82, 2.24) is 10.2 Å². The van der Waals surface area contributed by atoms with Crippen LogP contribution in [-0.4, -0.2) is 55.6 Å². The van der Waals surface area contributed by atoms with Gasteiger partial charge in [-0.3, -0.25) is 9.59 Å². The molecule has 0 bridgehead atoms. The van der Waals surface area contributed by atoms with Gasteiger partial charge in [0.1, 0.15) is 0 Å². The monoisotopic (exact) mass is 443 g/mol. The maximum absolute atomic E-state index is 13.4. The van der Waals surface area contributed by atoms with E-state index in [0.29, 0.717) is 45.2 Å². The molecule has 2 fully saturated rings. The Kier molecular flexibility index (Phi) is 9.85. The first kappa shape index (κ1) is 24.6. The molecule has 6 heteroatoms. The number of carbonyl (C=O) groups excluding carboxylic acids is 2. The standard InChI is InChI=1S/C26H41N3O3/c1-3-6-24(19-27-23-11-9-20(2)10-12-23)28-26(31)22(17-21-7-4-5-8-21)18-25(30)29-13-15-32-16-14-29/h9-12,21-22,24,27H,3-8,13-19H2,1-2H3,(H,28,31)/t22-,24+/m1/s1. The second-order valence-corrected chi connectivity index (χ2v) is 9.52. The summed E-state index contributed by atoms with van der Waals surface area (Å²) in [5.74, 6) is 0.463. The Morgan fingerprint density at radius 1 is 1.12 bits per heavy atom. The molecule has 0 aromatic heterocycles. The highest BCUT2D eigenvalue weighted by Crippen LogP contribution is 2.32. The number of hydrogen-bond acceptors (Lipinski definition) is 4. The van der Waals surface area contributed by atoms with E-state index in [-0.39, 0.29) is 23.8 Å². The summed E-state index contributed by atoms with van der Waals surface area (Å²) >= 11 is 0. The van der Waals surface area contributed by atoms with E-state index in [0.717, 1.165) is 24.9 Å². The Morgan fingerprint density at radius 3 is 2.47 bits per heavy atom. The second-order valence-electron chi connectivity index (χ2n) is 9.52. The molecule has 2 N–H and O–H groups in total. The molecule has 1 aliphatic carbocycles. The summed E-state index contributed by atoms with van der Waals surface area (Å²) in [4.78, 5) is 28.1. The molecule has 3 rings (SSSR count). The van der Waals surface area contributed by atoms with E-state index in [4.69, 9.17) is 4.74 Å². The predicted octanol–water partition coefficient (Wildman–Crippen LogP) is 4.14. The third-order valence-corrected chi connectivity index (χ3v) is 6.84. The first-order valence-electron chi connectivity index (χ1n) is 12.5. The molecular weight excluding hydrogens is 402 g/mol. The van der Waals surface area contributed by atoms with Gasteiger partial charge in [-0.1, -0.05) is 56.7 Å². The van der Waals surface area contributed by atoms with Crippen molar-refractivity contribution in [2.24, 2.45) is 11.8 Å². The third kappa shape index (κ3) is 7.80. The van der Waals surface area contributed by atoms with Gasteiger partial charge in [0.15, 0.2) is 0 Å². The Balaban J connectivity index is 1.59. The molecule has 2 atom stereocenters. The third-order valence-electron chi connectivity index (χ3n) is 6.84. The van der Waals surface area contributed by atoms with Crippen molar-refractivity contribution in [3.63, 3.8) is 0 Å². The number of hydrogen-bond donors (Lipinski definition) is 2. The maximum atomic E-state index is 13.4. The lowest BCUT2D eigenvalue weighted by Crippen LogP contribution is -2.46. The molecule has 1 aromatic rings. The average Bonchev–Trinajstić information content (AvgIpc) is 3.32. The lowest BCUT2D eigenvalue weighted by molar-refractivity contribution is -0.140. The van der Waals surface area contributed by atoms with E-state index >= 15 is 0 Å². The number of benzene rings is 1. The van der Waals surface area contributed by atoms with Gasteiger partial charge in [0.05, 0.1) is 13.2 Å². The normalized spacial score (nSPS) is 18.9. The van der Waals surface area contributed by atoms with Gasteiger partial charge < -0.3 is 20.3 Å². The molecule has 1 heterocycles. The van der Waals surface area contributed by atoms with Crippen LogP contribution in [0.15, 0.2) is 24.3 Å². The quantitative estimate of drug-likeness (QED) is 0.539. The number of morpholine rings is 1. The summed E-state index contributed by atoms with van der Waals surface area (Å²) < 4.78 is 5.38. The summed E-state index contributed by atoms with van der Waals surface area (Å²) in [6.45, 7) is 7.36. The molecule has 2 amide bonds. The van der Waals surface area contributed by atoms with E-state index in [1.165, 1.54) is 31.2 Å². The van der Waals surface area contributed by atoms with E-state index in [9.17, 15) is 9.59 Å². The van der Waals surface area contributed by atoms with Crippen LogP contribution in [0.5, 0.6) is 0 Å². The number of carbonyl (C=O) groups is 2. The minimum Gasteiger partial charge on any atom is -0.383 e. The largest absolute Gasteiger partial charge is 0.383 e. The zero-order chi connectivity index (χ0) is 22.8. The van der Waals surface area contributed by atoms with Gasteiger partial charge in [0.25, 0.3) is 0 Å². The number of amides is 2. The van der Waals surface area contributed by atoms with Crippen molar-refractivity contribution in [3.8, 4) is 0 Å². The summed E-state index contributed by atoms with van der Waals surface area (Å²) in [5.41, 5.74) is 2.30. The molecule has 0 spiro atoms. The molecule has 178 valence electrons. The van der Waals surface area contributed by atoms with Crippen molar-refractivity contribution in [1.29, 1.82) is 0 Å². The number of nitrogens with one attached hydrogen (secondary N) is 2. The van der Waals surface area contributed by atoms with Gasteiger partial charge in [-0.2, -0.15) is 0 Å². The van der Waals surface area contributed by atoms with E-state index in [1.54, 1.807) is 0 Å². The average molecular weight is 444 g/mol. The summed E-state index contributed by atoms with van der Waals surface area (Å²) in [7, 11) is 0. The fourth-order valence-electron chi connectivity index (χ4n) is 4.89. The maximum Gasteiger partial charge on any atom is 0.223 e. The number of rotatable bonds is 11. The van der Waals surface area contributed by atoms with Crippen molar-refractivity contribution >= 4 is 17.5 Å². The molecule has 6 nitrogen and oxygen atoms in total. The van der Waals surface area contributed by atoms with Crippen LogP contribution in [0.4, 0.5) is 5.69 Å². The van der Waals surface area contributed by atoms with Crippen LogP contribution in [0.25, 0.3) is 0 Å². The SMILES string of the molecule is CCC[C@@H](CNc1ccc(C)cc1)NC(=O)[C@@H](CC(=O)N1CCOCC1)CC1CCCC1. The van der Waals surface area contributed by atoms with Gasteiger partial charge in [0, 0.05) is 43.7 Å². The molecule has 1 saturated carbocycles. The first-order chi connectivity index (χ1) is 15.5. The Morgan fingerprint density at radius 2 is 1.81 bits per heavy atom. The highest BCUT2D eigenvalue weighted by molar-refractivity contribution is 5.86. The molecule has 1 aliphatic heterocycles. The topological polar surface area (TPSA) is 70.7 Å². The van der Waals surface area contributed by atoms with Gasteiger partial charge in [0.2, 0.25) is 11.8 Å². The number of nitrogens with zero attached hydrogens (tertiary/aromatic N) is 1. The van der Waals surface area contributed by atoms with Crippen molar-refractivity contribution in [2.75, 3.05) is 38.2 Å². The van der Waals surface area contributed by atoms with Gasteiger partial charge >= 0.3 is 0 Å². The fraction of sp³-hybridized carbons (Fsp3) is 0.692. The van der Waals surface area contributed by atoms with Crippen LogP contribution in [0.3, 0.4) is 0 Å². The molecule has 1 aromatic carbocycles. The van der Waals surface area contributed by atoms with Crippen molar-refractivity contribution in [2.45, 2.75) is 71.3 Å². The minimum absolute atomic E-state index is 0.0441. The van der Waals surface area contributed by atoms with Crippen LogP contribution in [-0.2, 0) is 14.3 Å². The summed E-state index contributed by atoms with van der Waals surface area (Å²) in [5, 5.41) is 6.75. The zero-order valence-electron chi connectivity index (χ0n) is 19.9. The van der Waals surface area contributed by atoms with Gasteiger partial charge in [-0.25, -0.2) is 0 Å². The molecule has 32 heavy (non-hydrogen) atoms. The van der Waals surface area contributed by atoms with Crippen LogP contribution < -0.4 is 10.6 Å². The van der Waals surface area contributed by atoms with Crippen LogP contribution in [0, 0.1) is 18.8 Å². The van der Waals surface area contributed by atoms with E-state index < -0.39 is 0 Å². The number of aryl methyl sites for hydroxylation is 1. The Bertz CT molecular complexity index is 710. The number of anilines is 1. The van der Waals surface area contributed by atoms with Crippen LogP contribution in [0.2, 0.25) is 0 Å². The molecule has 2 aliphatic rings. The summed E-state index contributed by atoms with van der Waals surface area (Å²) in [6.07, 6.45) is 7.91. The lowest BCUT2D eigenvalue weighted by Gasteiger charge is -2.29. The minimum atomic E-state index is -0.243. The first-order valence-corrected chi connectivity index (χ1v) is 12.5. The smallest absolute Gasteiger partial charge is 0.223 e. The van der Waals surface area contributed by atoms with Gasteiger partial charge in [-0.05, 0) is 37.8 Å². The van der Waals surface area contributed by atoms with E-state index in [2.05, 4.69) is 48.7 Å². The van der Waals surface area contributed by atoms with Gasteiger partial charge in [-0.15, -0.1) is 0 Å². The predicted molar refractivity (Wildman–Crippen MR) is 129 cm³/mol.